The predicted octanol–water partition coefficient (Wildman–Crippen LogP) is 2.82. The number of aliphatic hydroxyl groups is 1. The smallest absolute Gasteiger partial charge is 0.273 e. The molecule has 1 unspecified atom stereocenters. The zero-order chi connectivity index (χ0) is 16.1. The minimum atomic E-state index is -0.627. The van der Waals surface area contributed by atoms with E-state index in [0.29, 0.717) is 12.0 Å². The minimum Gasteiger partial charge on any atom is -0.388 e. The summed E-state index contributed by atoms with van der Waals surface area (Å²) in [5.41, 5.74) is 1.36. The first kappa shape index (κ1) is 16.1. The molecule has 2 rings (SSSR count). The summed E-state index contributed by atoms with van der Waals surface area (Å²) in [7, 11) is 0. The Morgan fingerprint density at radius 3 is 2.86 bits per heavy atom. The van der Waals surface area contributed by atoms with Crippen LogP contribution in [0.5, 0.6) is 0 Å². The molecule has 0 radical (unpaired) electrons. The minimum absolute atomic E-state index is 0.0778. The van der Waals surface area contributed by atoms with Gasteiger partial charge in [-0.3, -0.25) is 14.9 Å². The molecule has 0 fully saturated rings. The second-order valence-electron chi connectivity index (χ2n) is 4.82. The standard InChI is InChI=1S/C15H16N2O4S/c1-10-12(3-2-4-13(10)17(20)21)15(19)16-7-5-14(18)11-6-8-22-9-11/h2-4,6,8-9,14,18H,5,7H2,1H3,(H,16,19). The second-order valence-corrected chi connectivity index (χ2v) is 5.60. The summed E-state index contributed by atoms with van der Waals surface area (Å²) >= 11 is 1.50. The first-order valence-corrected chi connectivity index (χ1v) is 7.67. The van der Waals surface area contributed by atoms with Crippen molar-refractivity contribution in [1.82, 2.24) is 5.32 Å². The maximum atomic E-state index is 12.1. The van der Waals surface area contributed by atoms with Crippen molar-refractivity contribution >= 4 is 22.9 Å². The molecule has 6 nitrogen and oxygen atoms in total. The van der Waals surface area contributed by atoms with E-state index < -0.39 is 11.0 Å². The van der Waals surface area contributed by atoms with Gasteiger partial charge in [-0.25, -0.2) is 0 Å². The molecule has 1 aromatic heterocycles. The SMILES string of the molecule is Cc1c(C(=O)NCCC(O)c2ccsc2)cccc1[N+](=O)[O-]. The lowest BCUT2D eigenvalue weighted by molar-refractivity contribution is -0.385. The van der Waals surface area contributed by atoms with Gasteiger partial charge in [0.05, 0.1) is 11.0 Å². The topological polar surface area (TPSA) is 92.5 Å². The van der Waals surface area contributed by atoms with Crippen LogP contribution in [0.1, 0.15) is 34.0 Å². The third-order valence-corrected chi connectivity index (χ3v) is 4.08. The molecule has 0 bridgehead atoms. The van der Waals surface area contributed by atoms with Gasteiger partial charge in [-0.2, -0.15) is 11.3 Å². The molecule has 0 aliphatic carbocycles. The highest BCUT2D eigenvalue weighted by Gasteiger charge is 2.18. The van der Waals surface area contributed by atoms with Crippen LogP contribution in [0, 0.1) is 17.0 Å². The fourth-order valence-corrected chi connectivity index (χ4v) is 2.82. The van der Waals surface area contributed by atoms with Gasteiger partial charge in [-0.05, 0) is 41.8 Å². The maximum Gasteiger partial charge on any atom is 0.273 e. The molecular formula is C15H16N2O4S. The highest BCUT2D eigenvalue weighted by Crippen LogP contribution is 2.21. The largest absolute Gasteiger partial charge is 0.388 e. The first-order chi connectivity index (χ1) is 10.5. The molecule has 0 aliphatic rings. The predicted molar refractivity (Wildman–Crippen MR) is 84.1 cm³/mol. The Morgan fingerprint density at radius 2 is 2.23 bits per heavy atom. The molecule has 1 amide bonds. The van der Waals surface area contributed by atoms with Gasteiger partial charge in [0.25, 0.3) is 11.6 Å². The molecule has 1 aromatic carbocycles. The summed E-state index contributed by atoms with van der Waals surface area (Å²) in [6.45, 7) is 1.84. The number of nitrogens with zero attached hydrogens (tertiary/aromatic N) is 1. The Morgan fingerprint density at radius 1 is 1.45 bits per heavy atom. The number of carbonyl (C=O) groups is 1. The van der Waals surface area contributed by atoms with Gasteiger partial charge in [0, 0.05) is 23.7 Å². The van der Waals surface area contributed by atoms with Crippen molar-refractivity contribution in [3.8, 4) is 0 Å². The highest BCUT2D eigenvalue weighted by atomic mass is 32.1. The number of thiophene rings is 1. The molecule has 0 aliphatic heterocycles. The van der Waals surface area contributed by atoms with Gasteiger partial charge in [0.1, 0.15) is 0 Å². The lowest BCUT2D eigenvalue weighted by Crippen LogP contribution is -2.26. The molecule has 22 heavy (non-hydrogen) atoms. The zero-order valence-corrected chi connectivity index (χ0v) is 12.8. The molecule has 0 saturated carbocycles. The monoisotopic (exact) mass is 320 g/mol. The number of hydrogen-bond acceptors (Lipinski definition) is 5. The molecule has 1 heterocycles. The number of benzene rings is 1. The summed E-state index contributed by atoms with van der Waals surface area (Å²) in [5, 5.41) is 27.2. The lowest BCUT2D eigenvalue weighted by Gasteiger charge is -2.11. The van der Waals surface area contributed by atoms with Crippen molar-refractivity contribution in [1.29, 1.82) is 0 Å². The molecule has 2 N–H and O–H groups in total. The van der Waals surface area contributed by atoms with E-state index in [0.717, 1.165) is 5.56 Å². The van der Waals surface area contributed by atoms with E-state index >= 15 is 0 Å². The van der Waals surface area contributed by atoms with Crippen LogP contribution in [0.2, 0.25) is 0 Å². The van der Waals surface area contributed by atoms with Crippen LogP contribution in [0.15, 0.2) is 35.0 Å². The van der Waals surface area contributed by atoms with Crippen LogP contribution in [-0.2, 0) is 0 Å². The molecule has 1 atom stereocenters. The van der Waals surface area contributed by atoms with Gasteiger partial charge in [0.2, 0.25) is 0 Å². The third-order valence-electron chi connectivity index (χ3n) is 3.38. The normalized spacial score (nSPS) is 11.9. The molecule has 0 saturated heterocycles. The Labute approximate surface area is 131 Å². The number of hydrogen-bond donors (Lipinski definition) is 2. The lowest BCUT2D eigenvalue weighted by atomic mass is 10.1. The van der Waals surface area contributed by atoms with Gasteiger partial charge < -0.3 is 10.4 Å². The van der Waals surface area contributed by atoms with E-state index in [9.17, 15) is 20.0 Å². The van der Waals surface area contributed by atoms with E-state index in [2.05, 4.69) is 5.32 Å². The zero-order valence-electron chi connectivity index (χ0n) is 12.0. The number of rotatable bonds is 6. The fourth-order valence-electron chi connectivity index (χ4n) is 2.12. The fraction of sp³-hybridized carbons (Fsp3) is 0.267. The number of nitro benzene ring substituents is 1. The second kappa shape index (κ2) is 7.15. The Bertz CT molecular complexity index is 670. The Hall–Kier alpha value is -2.25. The highest BCUT2D eigenvalue weighted by molar-refractivity contribution is 7.07. The van der Waals surface area contributed by atoms with E-state index in [1.165, 1.54) is 23.5 Å². The molecular weight excluding hydrogens is 304 g/mol. The molecule has 7 heteroatoms. The summed E-state index contributed by atoms with van der Waals surface area (Å²) < 4.78 is 0. The van der Waals surface area contributed by atoms with Gasteiger partial charge >= 0.3 is 0 Å². The average molecular weight is 320 g/mol. The van der Waals surface area contributed by atoms with Crippen LogP contribution in [0.4, 0.5) is 5.69 Å². The van der Waals surface area contributed by atoms with Crippen molar-refractivity contribution in [2.75, 3.05) is 6.54 Å². The number of aliphatic hydroxyl groups excluding tert-OH is 1. The summed E-state index contributed by atoms with van der Waals surface area (Å²) in [4.78, 5) is 22.5. The van der Waals surface area contributed by atoms with Crippen LogP contribution in [-0.4, -0.2) is 22.5 Å². The summed E-state index contributed by atoms with van der Waals surface area (Å²) in [6, 6.07) is 6.24. The van der Waals surface area contributed by atoms with Crippen molar-refractivity contribution in [2.24, 2.45) is 0 Å². The first-order valence-electron chi connectivity index (χ1n) is 6.73. The van der Waals surface area contributed by atoms with Crippen LogP contribution in [0.3, 0.4) is 0 Å². The average Bonchev–Trinajstić information content (AvgIpc) is 3.01. The van der Waals surface area contributed by atoms with Crippen LogP contribution < -0.4 is 5.32 Å². The van der Waals surface area contributed by atoms with Crippen molar-refractivity contribution < 1.29 is 14.8 Å². The third kappa shape index (κ3) is 3.69. The van der Waals surface area contributed by atoms with Crippen LogP contribution >= 0.6 is 11.3 Å². The van der Waals surface area contributed by atoms with Crippen molar-refractivity contribution in [3.05, 3.63) is 61.8 Å². The van der Waals surface area contributed by atoms with E-state index in [4.69, 9.17) is 0 Å². The van der Waals surface area contributed by atoms with Crippen molar-refractivity contribution in [2.45, 2.75) is 19.4 Å². The number of amides is 1. The molecule has 0 spiro atoms. The quantitative estimate of drug-likeness (QED) is 0.632. The number of carbonyl (C=O) groups excluding carboxylic acids is 1. The van der Waals surface area contributed by atoms with E-state index in [1.807, 2.05) is 16.8 Å². The van der Waals surface area contributed by atoms with Gasteiger partial charge in [-0.15, -0.1) is 0 Å². The van der Waals surface area contributed by atoms with Gasteiger partial charge in [0.15, 0.2) is 0 Å². The van der Waals surface area contributed by atoms with E-state index in [1.54, 1.807) is 13.0 Å². The summed E-state index contributed by atoms with van der Waals surface area (Å²) in [6.07, 6.45) is -0.242. The summed E-state index contributed by atoms with van der Waals surface area (Å²) in [5.74, 6) is -0.376. The Kier molecular flexibility index (Phi) is 5.24. The maximum absolute atomic E-state index is 12.1. The molecule has 116 valence electrons. The Balaban J connectivity index is 1.95. The van der Waals surface area contributed by atoms with E-state index in [-0.39, 0.29) is 23.7 Å². The number of nitro groups is 1. The van der Waals surface area contributed by atoms with Gasteiger partial charge in [-0.1, -0.05) is 6.07 Å². The van der Waals surface area contributed by atoms with Crippen molar-refractivity contribution in [3.63, 3.8) is 0 Å². The molecule has 2 aromatic rings. The number of nitrogens with one attached hydrogen (secondary N) is 1. The van der Waals surface area contributed by atoms with Crippen LogP contribution in [0.25, 0.3) is 0 Å².